The summed E-state index contributed by atoms with van der Waals surface area (Å²) in [6.45, 7) is 11.9. The van der Waals surface area contributed by atoms with Crippen LogP contribution in [0.4, 0.5) is 0 Å². The molecule has 1 aromatic carbocycles. The first-order valence-corrected chi connectivity index (χ1v) is 6.56. The van der Waals surface area contributed by atoms with Crippen molar-refractivity contribution in [2.45, 2.75) is 59.7 Å². The van der Waals surface area contributed by atoms with Gasteiger partial charge in [-0.1, -0.05) is 24.6 Å². The fourth-order valence-electron chi connectivity index (χ4n) is 1.84. The van der Waals surface area contributed by atoms with Crippen LogP contribution in [0.15, 0.2) is 18.2 Å². The van der Waals surface area contributed by atoms with Crippen LogP contribution < -0.4 is 0 Å². The molecule has 100 valence electrons. The third-order valence-electron chi connectivity index (χ3n) is 3.38. The molecule has 0 aromatic heterocycles. The number of aryl methyl sites for hydroxylation is 2. The molecule has 0 radical (unpaired) electrons. The maximum absolute atomic E-state index is 12.4. The van der Waals surface area contributed by atoms with E-state index in [0.29, 0.717) is 0 Å². The van der Waals surface area contributed by atoms with Crippen LogP contribution in [0.2, 0.25) is 0 Å². The highest BCUT2D eigenvalue weighted by molar-refractivity contribution is 6.00. The van der Waals surface area contributed by atoms with Crippen molar-refractivity contribution in [3.8, 4) is 0 Å². The van der Waals surface area contributed by atoms with E-state index in [1.807, 2.05) is 52.8 Å². The first-order chi connectivity index (χ1) is 8.26. The van der Waals surface area contributed by atoms with E-state index in [1.54, 1.807) is 0 Å². The van der Waals surface area contributed by atoms with Crippen molar-refractivity contribution in [3.63, 3.8) is 0 Å². The number of hydrogen-bond acceptors (Lipinski definition) is 2. The fraction of sp³-hybridized carbons (Fsp3) is 0.562. The van der Waals surface area contributed by atoms with Crippen LogP contribution in [-0.4, -0.2) is 17.5 Å². The van der Waals surface area contributed by atoms with Gasteiger partial charge in [0.25, 0.3) is 0 Å². The Morgan fingerprint density at radius 3 is 2.50 bits per heavy atom. The lowest BCUT2D eigenvalue weighted by Gasteiger charge is -2.27. The number of hydrogen-bond donors (Lipinski definition) is 0. The smallest absolute Gasteiger partial charge is 0.191 e. The summed E-state index contributed by atoms with van der Waals surface area (Å²) in [5, 5.41) is 0. The molecule has 0 N–H and O–H groups in total. The molecule has 18 heavy (non-hydrogen) atoms. The molecule has 1 aromatic rings. The zero-order valence-corrected chi connectivity index (χ0v) is 12.3. The van der Waals surface area contributed by atoms with E-state index in [1.165, 1.54) is 0 Å². The zero-order chi connectivity index (χ0) is 13.9. The van der Waals surface area contributed by atoms with Gasteiger partial charge in [0.2, 0.25) is 0 Å². The van der Waals surface area contributed by atoms with Crippen molar-refractivity contribution in [1.29, 1.82) is 0 Å². The van der Waals surface area contributed by atoms with E-state index in [-0.39, 0.29) is 11.4 Å². The Bertz CT molecular complexity index is 433. The fourth-order valence-corrected chi connectivity index (χ4v) is 1.84. The number of ether oxygens (including phenoxy) is 1. The highest BCUT2D eigenvalue weighted by Crippen LogP contribution is 2.20. The Labute approximate surface area is 110 Å². The molecule has 0 fully saturated rings. The predicted octanol–water partition coefficient (Wildman–Crippen LogP) is 4.08. The standard InChI is InChI=1S/C16H24O2/c1-7-16(5,6)18-13(4)15(17)14-10-11(2)8-9-12(14)3/h8-10,13H,7H2,1-6H3. The Kier molecular flexibility index (Phi) is 4.69. The van der Waals surface area contributed by atoms with Crippen molar-refractivity contribution in [2.24, 2.45) is 0 Å². The van der Waals surface area contributed by atoms with Crippen LogP contribution >= 0.6 is 0 Å². The Hall–Kier alpha value is -1.15. The first kappa shape index (κ1) is 14.9. The molecule has 0 spiro atoms. The molecular formula is C16H24O2. The van der Waals surface area contributed by atoms with Crippen LogP contribution in [0.25, 0.3) is 0 Å². The average molecular weight is 248 g/mol. The number of ketones is 1. The molecule has 0 bridgehead atoms. The van der Waals surface area contributed by atoms with Crippen LogP contribution in [0, 0.1) is 13.8 Å². The summed E-state index contributed by atoms with van der Waals surface area (Å²) < 4.78 is 5.85. The lowest BCUT2D eigenvalue weighted by Crippen LogP contribution is -2.33. The number of benzene rings is 1. The van der Waals surface area contributed by atoms with Crippen molar-refractivity contribution in [1.82, 2.24) is 0 Å². The van der Waals surface area contributed by atoms with E-state index in [9.17, 15) is 4.79 Å². The number of carbonyl (C=O) groups is 1. The lowest BCUT2D eigenvalue weighted by molar-refractivity contribution is -0.0518. The average Bonchev–Trinajstić information content (AvgIpc) is 2.31. The quantitative estimate of drug-likeness (QED) is 0.734. The summed E-state index contributed by atoms with van der Waals surface area (Å²) in [4.78, 5) is 12.4. The van der Waals surface area contributed by atoms with Crippen molar-refractivity contribution in [3.05, 3.63) is 34.9 Å². The molecule has 1 rings (SSSR count). The summed E-state index contributed by atoms with van der Waals surface area (Å²) in [6.07, 6.45) is 0.484. The number of Topliss-reactive ketones (excluding diaryl/α,β-unsaturated/α-hetero) is 1. The van der Waals surface area contributed by atoms with Crippen LogP contribution in [0.5, 0.6) is 0 Å². The van der Waals surface area contributed by atoms with Crippen LogP contribution in [-0.2, 0) is 4.74 Å². The number of carbonyl (C=O) groups excluding carboxylic acids is 1. The summed E-state index contributed by atoms with van der Waals surface area (Å²) >= 11 is 0. The molecule has 2 heteroatoms. The summed E-state index contributed by atoms with van der Waals surface area (Å²) in [5.74, 6) is 0.0673. The molecule has 0 aliphatic rings. The second-order valence-corrected chi connectivity index (χ2v) is 5.56. The third-order valence-corrected chi connectivity index (χ3v) is 3.38. The third kappa shape index (κ3) is 3.67. The highest BCUT2D eigenvalue weighted by atomic mass is 16.5. The van der Waals surface area contributed by atoms with Crippen LogP contribution in [0.1, 0.15) is 55.6 Å². The molecule has 1 atom stereocenters. The monoisotopic (exact) mass is 248 g/mol. The Balaban J connectivity index is 2.90. The van der Waals surface area contributed by atoms with Crippen molar-refractivity contribution >= 4 is 5.78 Å². The molecular weight excluding hydrogens is 224 g/mol. The van der Waals surface area contributed by atoms with Gasteiger partial charge in [-0.25, -0.2) is 0 Å². The first-order valence-electron chi connectivity index (χ1n) is 6.56. The van der Waals surface area contributed by atoms with Gasteiger partial charge in [-0.3, -0.25) is 4.79 Å². The molecule has 0 heterocycles. The second kappa shape index (κ2) is 5.66. The van der Waals surface area contributed by atoms with Gasteiger partial charge in [0.05, 0.1) is 5.60 Å². The van der Waals surface area contributed by atoms with Gasteiger partial charge in [-0.2, -0.15) is 0 Å². The second-order valence-electron chi connectivity index (χ2n) is 5.56. The minimum Gasteiger partial charge on any atom is -0.364 e. The summed E-state index contributed by atoms with van der Waals surface area (Å²) in [7, 11) is 0. The van der Waals surface area contributed by atoms with Crippen LogP contribution in [0.3, 0.4) is 0 Å². The Morgan fingerprint density at radius 2 is 1.94 bits per heavy atom. The van der Waals surface area contributed by atoms with Crippen molar-refractivity contribution in [2.75, 3.05) is 0 Å². The van der Waals surface area contributed by atoms with Gasteiger partial charge in [0.1, 0.15) is 6.10 Å². The van der Waals surface area contributed by atoms with Gasteiger partial charge in [-0.05, 0) is 52.7 Å². The highest BCUT2D eigenvalue weighted by Gasteiger charge is 2.25. The number of rotatable bonds is 5. The minimum atomic E-state index is -0.402. The largest absolute Gasteiger partial charge is 0.364 e. The topological polar surface area (TPSA) is 26.3 Å². The minimum absolute atomic E-state index is 0.0673. The summed E-state index contributed by atoms with van der Waals surface area (Å²) in [6, 6.07) is 5.95. The molecule has 0 aliphatic carbocycles. The summed E-state index contributed by atoms with van der Waals surface area (Å²) in [5.41, 5.74) is 2.63. The Morgan fingerprint density at radius 1 is 1.33 bits per heavy atom. The molecule has 0 aliphatic heterocycles. The van der Waals surface area contributed by atoms with E-state index in [2.05, 4.69) is 6.92 Å². The zero-order valence-electron chi connectivity index (χ0n) is 12.3. The predicted molar refractivity (Wildman–Crippen MR) is 75.2 cm³/mol. The van der Waals surface area contributed by atoms with Gasteiger partial charge < -0.3 is 4.74 Å². The molecule has 0 saturated heterocycles. The molecule has 1 unspecified atom stereocenters. The van der Waals surface area contributed by atoms with Gasteiger partial charge >= 0.3 is 0 Å². The molecule has 0 amide bonds. The van der Waals surface area contributed by atoms with E-state index in [4.69, 9.17) is 4.74 Å². The molecule has 0 saturated carbocycles. The maximum atomic E-state index is 12.4. The lowest BCUT2D eigenvalue weighted by atomic mass is 9.98. The normalized spacial score (nSPS) is 13.4. The molecule has 2 nitrogen and oxygen atoms in total. The maximum Gasteiger partial charge on any atom is 0.191 e. The van der Waals surface area contributed by atoms with E-state index >= 15 is 0 Å². The van der Waals surface area contributed by atoms with Crippen molar-refractivity contribution < 1.29 is 9.53 Å². The van der Waals surface area contributed by atoms with Gasteiger partial charge in [-0.15, -0.1) is 0 Å². The van der Waals surface area contributed by atoms with Gasteiger partial charge in [0.15, 0.2) is 5.78 Å². The van der Waals surface area contributed by atoms with E-state index in [0.717, 1.165) is 23.1 Å². The van der Waals surface area contributed by atoms with E-state index < -0.39 is 6.10 Å². The SMILES string of the molecule is CCC(C)(C)OC(C)C(=O)c1cc(C)ccc1C. The van der Waals surface area contributed by atoms with Gasteiger partial charge in [0, 0.05) is 5.56 Å².